The van der Waals surface area contributed by atoms with E-state index in [0.717, 1.165) is 35.9 Å². The Bertz CT molecular complexity index is 566. The van der Waals surface area contributed by atoms with E-state index in [9.17, 15) is 0 Å². The van der Waals surface area contributed by atoms with E-state index < -0.39 is 0 Å². The summed E-state index contributed by atoms with van der Waals surface area (Å²) >= 11 is 6.00. The Morgan fingerprint density at radius 3 is 3.00 bits per heavy atom. The van der Waals surface area contributed by atoms with Gasteiger partial charge in [0.15, 0.2) is 0 Å². The Morgan fingerprint density at radius 2 is 2.19 bits per heavy atom. The zero-order valence-electron chi connectivity index (χ0n) is 8.76. The minimum Gasteiger partial charge on any atom is -0.323 e. The van der Waals surface area contributed by atoms with E-state index in [2.05, 4.69) is 10.4 Å². The molecule has 0 fully saturated rings. The van der Waals surface area contributed by atoms with Crippen LogP contribution in [0.4, 0.5) is 5.69 Å². The first-order valence-corrected chi connectivity index (χ1v) is 5.75. The molecule has 0 amide bonds. The third kappa shape index (κ3) is 1.36. The molecule has 3 nitrogen and oxygen atoms in total. The minimum atomic E-state index is 0.712. The van der Waals surface area contributed by atoms with E-state index >= 15 is 0 Å². The first kappa shape index (κ1) is 9.87. The summed E-state index contributed by atoms with van der Waals surface area (Å²) in [5, 5.41) is 1.72. The summed E-state index contributed by atoms with van der Waals surface area (Å²) in [5.74, 6) is 5.62. The zero-order valence-corrected chi connectivity index (χ0v) is 9.51. The second-order valence-electron chi connectivity index (χ2n) is 4.07. The van der Waals surface area contributed by atoms with Gasteiger partial charge in [0, 0.05) is 16.1 Å². The van der Waals surface area contributed by atoms with Crippen LogP contribution in [0.15, 0.2) is 18.2 Å². The van der Waals surface area contributed by atoms with Gasteiger partial charge >= 0.3 is 0 Å². The van der Waals surface area contributed by atoms with Crippen LogP contribution in [-0.2, 0) is 12.8 Å². The van der Waals surface area contributed by atoms with E-state index in [-0.39, 0.29) is 0 Å². The molecule has 0 unspecified atom stereocenters. The van der Waals surface area contributed by atoms with Crippen LogP contribution in [0.2, 0.25) is 5.02 Å². The van der Waals surface area contributed by atoms with Crippen LogP contribution in [0.5, 0.6) is 0 Å². The summed E-state index contributed by atoms with van der Waals surface area (Å²) in [7, 11) is 0. The number of aromatic nitrogens is 1. The van der Waals surface area contributed by atoms with Crippen molar-refractivity contribution in [2.45, 2.75) is 19.3 Å². The lowest BCUT2D eigenvalue weighted by Crippen LogP contribution is -2.10. The Morgan fingerprint density at radius 1 is 1.31 bits per heavy atom. The highest BCUT2D eigenvalue weighted by atomic mass is 35.5. The molecule has 3 rings (SSSR count). The molecule has 1 aliphatic rings. The summed E-state index contributed by atoms with van der Waals surface area (Å²) in [6.07, 6.45) is 3.24. The number of nitrogen functional groups attached to an aromatic ring is 1. The molecule has 1 aliphatic carbocycles. The third-order valence-electron chi connectivity index (χ3n) is 3.12. The number of hydrogen-bond acceptors (Lipinski definition) is 3. The van der Waals surface area contributed by atoms with Crippen LogP contribution in [0.3, 0.4) is 0 Å². The zero-order chi connectivity index (χ0) is 11.1. The maximum atomic E-state index is 6.00. The maximum absolute atomic E-state index is 6.00. The summed E-state index contributed by atoms with van der Waals surface area (Å²) in [5.41, 5.74) is 7.16. The SMILES string of the molecule is NNc1c2c(nc3ccc(Cl)cc13)CCC2. The van der Waals surface area contributed by atoms with Gasteiger partial charge in [0.05, 0.1) is 11.2 Å². The fourth-order valence-electron chi connectivity index (χ4n) is 2.40. The number of fused-ring (bicyclic) bond motifs is 2. The number of pyridine rings is 1. The van der Waals surface area contributed by atoms with Crippen molar-refractivity contribution in [1.29, 1.82) is 0 Å². The van der Waals surface area contributed by atoms with Gasteiger partial charge in [-0.1, -0.05) is 11.6 Å². The number of halogens is 1. The highest BCUT2D eigenvalue weighted by molar-refractivity contribution is 6.31. The van der Waals surface area contributed by atoms with Crippen LogP contribution in [-0.4, -0.2) is 4.98 Å². The lowest BCUT2D eigenvalue weighted by Gasteiger charge is -2.11. The molecule has 4 heteroatoms. The van der Waals surface area contributed by atoms with Gasteiger partial charge in [-0.05, 0) is 43.0 Å². The number of hydrazine groups is 1. The van der Waals surface area contributed by atoms with Gasteiger partial charge < -0.3 is 5.43 Å². The summed E-state index contributed by atoms with van der Waals surface area (Å²) < 4.78 is 0. The molecule has 0 atom stereocenters. The number of nitrogens with two attached hydrogens (primary N) is 1. The first-order valence-electron chi connectivity index (χ1n) is 5.37. The molecule has 0 spiro atoms. The Hall–Kier alpha value is -1.32. The molecule has 0 bridgehead atoms. The number of rotatable bonds is 1. The molecule has 2 aromatic rings. The van der Waals surface area contributed by atoms with Crippen LogP contribution in [0, 0.1) is 0 Å². The number of nitrogens with one attached hydrogen (secondary N) is 1. The fourth-order valence-corrected chi connectivity index (χ4v) is 2.57. The second-order valence-corrected chi connectivity index (χ2v) is 4.51. The lowest BCUT2D eigenvalue weighted by atomic mass is 10.1. The van der Waals surface area contributed by atoms with Crippen molar-refractivity contribution in [2.24, 2.45) is 5.84 Å². The van der Waals surface area contributed by atoms with Gasteiger partial charge in [0.2, 0.25) is 0 Å². The molecule has 1 aromatic carbocycles. The van der Waals surface area contributed by atoms with E-state index in [1.165, 1.54) is 11.3 Å². The van der Waals surface area contributed by atoms with Crippen LogP contribution in [0.1, 0.15) is 17.7 Å². The predicted octanol–water partition coefficient (Wildman–Crippen LogP) is 2.66. The molecule has 3 N–H and O–H groups in total. The van der Waals surface area contributed by atoms with Gasteiger partial charge in [-0.2, -0.15) is 0 Å². The van der Waals surface area contributed by atoms with E-state index in [1.54, 1.807) is 0 Å². The number of benzene rings is 1. The van der Waals surface area contributed by atoms with Crippen molar-refractivity contribution in [3.8, 4) is 0 Å². The smallest absolute Gasteiger partial charge is 0.0727 e. The molecule has 0 radical (unpaired) electrons. The van der Waals surface area contributed by atoms with Crippen molar-refractivity contribution in [3.63, 3.8) is 0 Å². The normalized spacial score (nSPS) is 14.1. The Kier molecular flexibility index (Phi) is 2.23. The molecule has 0 aliphatic heterocycles. The molecule has 0 saturated heterocycles. The van der Waals surface area contributed by atoms with Gasteiger partial charge in [-0.15, -0.1) is 0 Å². The van der Waals surface area contributed by atoms with E-state index in [1.807, 2.05) is 18.2 Å². The Balaban J connectivity index is 2.40. The molecule has 1 heterocycles. The number of aryl methyl sites for hydroxylation is 1. The van der Waals surface area contributed by atoms with Crippen molar-refractivity contribution >= 4 is 28.2 Å². The molecular weight excluding hydrogens is 222 g/mol. The lowest BCUT2D eigenvalue weighted by molar-refractivity contribution is 0.901. The topological polar surface area (TPSA) is 50.9 Å². The first-order chi connectivity index (χ1) is 7.79. The third-order valence-corrected chi connectivity index (χ3v) is 3.35. The predicted molar refractivity (Wildman–Crippen MR) is 66.6 cm³/mol. The van der Waals surface area contributed by atoms with Crippen molar-refractivity contribution in [2.75, 3.05) is 5.43 Å². The Labute approximate surface area is 98.6 Å². The maximum Gasteiger partial charge on any atom is 0.0727 e. The highest BCUT2D eigenvalue weighted by Crippen LogP contribution is 2.34. The van der Waals surface area contributed by atoms with E-state index in [0.29, 0.717) is 5.02 Å². The summed E-state index contributed by atoms with van der Waals surface area (Å²) in [6.45, 7) is 0. The number of anilines is 1. The van der Waals surface area contributed by atoms with Crippen LogP contribution in [0.25, 0.3) is 10.9 Å². The highest BCUT2D eigenvalue weighted by Gasteiger charge is 2.18. The average molecular weight is 234 g/mol. The van der Waals surface area contributed by atoms with Crippen LogP contribution >= 0.6 is 11.6 Å². The van der Waals surface area contributed by atoms with E-state index in [4.69, 9.17) is 17.4 Å². The number of nitrogens with zero attached hydrogens (tertiary/aromatic N) is 1. The second kappa shape index (κ2) is 3.61. The average Bonchev–Trinajstić information content (AvgIpc) is 2.73. The molecular formula is C12H12ClN3. The van der Waals surface area contributed by atoms with Gasteiger partial charge in [0.25, 0.3) is 0 Å². The van der Waals surface area contributed by atoms with Gasteiger partial charge in [-0.25, -0.2) is 0 Å². The fraction of sp³-hybridized carbons (Fsp3) is 0.250. The number of hydrogen-bond donors (Lipinski definition) is 2. The van der Waals surface area contributed by atoms with Crippen molar-refractivity contribution in [1.82, 2.24) is 4.98 Å². The largest absolute Gasteiger partial charge is 0.323 e. The quantitative estimate of drug-likeness (QED) is 0.588. The summed E-state index contributed by atoms with van der Waals surface area (Å²) in [4.78, 5) is 4.65. The standard InChI is InChI=1S/C12H12ClN3/c13-7-4-5-11-9(6-7)12(16-14)8-2-1-3-10(8)15-11/h4-6H,1-3,14H2,(H,15,16). The van der Waals surface area contributed by atoms with Gasteiger partial charge in [0.1, 0.15) is 0 Å². The van der Waals surface area contributed by atoms with Crippen LogP contribution < -0.4 is 11.3 Å². The van der Waals surface area contributed by atoms with Crippen molar-refractivity contribution < 1.29 is 0 Å². The molecule has 0 saturated carbocycles. The summed E-state index contributed by atoms with van der Waals surface area (Å²) in [6, 6.07) is 5.72. The monoisotopic (exact) mass is 233 g/mol. The minimum absolute atomic E-state index is 0.712. The van der Waals surface area contributed by atoms with Crippen molar-refractivity contribution in [3.05, 3.63) is 34.5 Å². The molecule has 1 aromatic heterocycles. The molecule has 16 heavy (non-hydrogen) atoms. The van der Waals surface area contributed by atoms with Gasteiger partial charge in [-0.3, -0.25) is 10.8 Å². The molecule has 82 valence electrons.